The second kappa shape index (κ2) is 5.99. The monoisotopic (exact) mass is 308 g/mol. The van der Waals surface area contributed by atoms with Crippen LogP contribution in [0.1, 0.15) is 49.0 Å². The first-order chi connectivity index (χ1) is 9.37. The molecule has 1 aliphatic rings. The smallest absolute Gasteiger partial charge is 0.373 e. The highest BCUT2D eigenvalue weighted by atomic mass is 32.1. The van der Waals surface area contributed by atoms with Gasteiger partial charge in [0.1, 0.15) is 0 Å². The lowest BCUT2D eigenvalue weighted by Crippen LogP contribution is -2.41. The van der Waals surface area contributed by atoms with Crippen molar-refractivity contribution >= 4 is 11.3 Å². The van der Waals surface area contributed by atoms with Crippen molar-refractivity contribution in [2.24, 2.45) is 0 Å². The second-order valence-corrected chi connectivity index (χ2v) is 6.28. The lowest BCUT2D eigenvalue weighted by atomic mass is 9.92. The van der Waals surface area contributed by atoms with E-state index < -0.39 is 16.8 Å². The van der Waals surface area contributed by atoms with Gasteiger partial charge in [0.15, 0.2) is 5.01 Å². The van der Waals surface area contributed by atoms with Gasteiger partial charge in [-0.15, -0.1) is 11.3 Å². The molecule has 2 unspecified atom stereocenters. The van der Waals surface area contributed by atoms with Crippen LogP contribution in [0.4, 0.5) is 13.2 Å². The SMILES string of the molecule is CCCNC(c1cnc(C(F)(F)F)s1)C1(C)CCCO1. The Labute approximate surface area is 120 Å². The molecule has 1 saturated heterocycles. The minimum atomic E-state index is -4.38. The van der Waals surface area contributed by atoms with Gasteiger partial charge in [-0.25, -0.2) is 4.98 Å². The van der Waals surface area contributed by atoms with Crippen molar-refractivity contribution in [1.29, 1.82) is 0 Å². The van der Waals surface area contributed by atoms with E-state index in [2.05, 4.69) is 10.3 Å². The van der Waals surface area contributed by atoms with Gasteiger partial charge in [0.25, 0.3) is 0 Å². The number of ether oxygens (including phenoxy) is 1. The van der Waals surface area contributed by atoms with Crippen molar-refractivity contribution in [2.45, 2.75) is 50.9 Å². The second-order valence-electron chi connectivity index (χ2n) is 5.22. The van der Waals surface area contributed by atoms with E-state index >= 15 is 0 Å². The summed E-state index contributed by atoms with van der Waals surface area (Å²) in [6.45, 7) is 5.38. The van der Waals surface area contributed by atoms with E-state index in [1.165, 1.54) is 6.20 Å². The molecule has 20 heavy (non-hydrogen) atoms. The standard InChI is InChI=1S/C13H19F3N2OS/c1-3-6-17-10(12(2)5-4-7-19-12)9-8-18-11(20-9)13(14,15)16/h8,10,17H,3-7H2,1-2H3. The molecule has 0 saturated carbocycles. The summed E-state index contributed by atoms with van der Waals surface area (Å²) < 4.78 is 43.8. The van der Waals surface area contributed by atoms with Crippen LogP contribution in [0.5, 0.6) is 0 Å². The molecular formula is C13H19F3N2OS. The topological polar surface area (TPSA) is 34.2 Å². The Morgan fingerprint density at radius 2 is 2.30 bits per heavy atom. The van der Waals surface area contributed by atoms with Crippen LogP contribution in [-0.4, -0.2) is 23.7 Å². The summed E-state index contributed by atoms with van der Waals surface area (Å²) in [7, 11) is 0. The number of nitrogens with one attached hydrogen (secondary N) is 1. The largest absolute Gasteiger partial charge is 0.443 e. The zero-order valence-electron chi connectivity index (χ0n) is 11.6. The van der Waals surface area contributed by atoms with Gasteiger partial charge in [-0.2, -0.15) is 13.2 Å². The molecule has 2 heterocycles. The molecule has 114 valence electrons. The summed E-state index contributed by atoms with van der Waals surface area (Å²) in [5, 5.41) is 2.52. The Balaban J connectivity index is 2.24. The molecule has 0 bridgehead atoms. The quantitative estimate of drug-likeness (QED) is 0.899. The van der Waals surface area contributed by atoms with Crippen molar-refractivity contribution < 1.29 is 17.9 Å². The maximum absolute atomic E-state index is 12.7. The first-order valence-electron chi connectivity index (χ1n) is 6.77. The van der Waals surface area contributed by atoms with E-state index in [-0.39, 0.29) is 6.04 Å². The minimum Gasteiger partial charge on any atom is -0.373 e. The molecule has 1 N–H and O–H groups in total. The molecule has 0 spiro atoms. The van der Waals surface area contributed by atoms with E-state index in [0.717, 1.165) is 25.8 Å². The van der Waals surface area contributed by atoms with Gasteiger partial charge in [-0.1, -0.05) is 6.92 Å². The van der Waals surface area contributed by atoms with E-state index in [0.29, 0.717) is 22.8 Å². The molecule has 7 heteroatoms. The lowest BCUT2D eigenvalue weighted by molar-refractivity contribution is -0.137. The average Bonchev–Trinajstić information content (AvgIpc) is 2.99. The van der Waals surface area contributed by atoms with Crippen molar-refractivity contribution in [2.75, 3.05) is 13.2 Å². The third kappa shape index (κ3) is 3.32. The fourth-order valence-electron chi connectivity index (χ4n) is 2.49. The molecule has 0 radical (unpaired) electrons. The fraction of sp³-hybridized carbons (Fsp3) is 0.769. The van der Waals surface area contributed by atoms with E-state index in [4.69, 9.17) is 4.74 Å². The van der Waals surface area contributed by atoms with Crippen LogP contribution in [0.25, 0.3) is 0 Å². The Kier molecular flexibility index (Phi) is 4.71. The molecule has 1 aromatic rings. The van der Waals surface area contributed by atoms with Crippen LogP contribution >= 0.6 is 11.3 Å². The molecule has 3 nitrogen and oxygen atoms in total. The summed E-state index contributed by atoms with van der Waals surface area (Å²) in [5.41, 5.74) is -0.454. The van der Waals surface area contributed by atoms with Crippen LogP contribution in [0.15, 0.2) is 6.20 Å². The molecular weight excluding hydrogens is 289 g/mol. The van der Waals surface area contributed by atoms with Crippen molar-refractivity contribution in [1.82, 2.24) is 10.3 Å². The van der Waals surface area contributed by atoms with Gasteiger partial charge in [-0.3, -0.25) is 0 Å². The van der Waals surface area contributed by atoms with Crippen molar-refractivity contribution in [3.05, 3.63) is 16.1 Å². The number of aromatic nitrogens is 1. The molecule has 1 aliphatic heterocycles. The van der Waals surface area contributed by atoms with Crippen molar-refractivity contribution in [3.63, 3.8) is 0 Å². The van der Waals surface area contributed by atoms with Gasteiger partial charge in [-0.05, 0) is 32.7 Å². The molecule has 2 atom stereocenters. The summed E-state index contributed by atoms with van der Waals surface area (Å²) in [6, 6.07) is -0.237. The Bertz CT molecular complexity index is 441. The summed E-state index contributed by atoms with van der Waals surface area (Å²) >= 11 is 0.705. The first kappa shape index (κ1) is 15.7. The van der Waals surface area contributed by atoms with E-state index in [1.807, 2.05) is 13.8 Å². The number of nitrogens with zero attached hydrogens (tertiary/aromatic N) is 1. The van der Waals surface area contributed by atoms with Gasteiger partial charge < -0.3 is 10.1 Å². The molecule has 2 rings (SSSR count). The zero-order chi connectivity index (χ0) is 14.8. The van der Waals surface area contributed by atoms with Gasteiger partial charge in [0.2, 0.25) is 0 Å². The average molecular weight is 308 g/mol. The maximum Gasteiger partial charge on any atom is 0.443 e. The number of hydrogen-bond donors (Lipinski definition) is 1. The highest BCUT2D eigenvalue weighted by Gasteiger charge is 2.42. The third-order valence-electron chi connectivity index (χ3n) is 3.51. The molecule has 0 aromatic carbocycles. The third-order valence-corrected chi connectivity index (χ3v) is 4.62. The number of hydrogen-bond acceptors (Lipinski definition) is 4. The summed E-state index contributed by atoms with van der Waals surface area (Å²) in [6.07, 6.45) is -0.361. The predicted octanol–water partition coefficient (Wildman–Crippen LogP) is 3.77. The highest BCUT2D eigenvalue weighted by molar-refractivity contribution is 7.11. The fourth-order valence-corrected chi connectivity index (χ4v) is 3.49. The van der Waals surface area contributed by atoms with E-state index in [9.17, 15) is 13.2 Å². The Morgan fingerprint density at radius 1 is 1.55 bits per heavy atom. The van der Waals surface area contributed by atoms with E-state index in [1.54, 1.807) is 0 Å². The van der Waals surface area contributed by atoms with Crippen LogP contribution in [0, 0.1) is 0 Å². The van der Waals surface area contributed by atoms with Crippen LogP contribution in [0.3, 0.4) is 0 Å². The molecule has 0 aliphatic carbocycles. The van der Waals surface area contributed by atoms with Crippen LogP contribution in [-0.2, 0) is 10.9 Å². The normalized spacial score (nSPS) is 25.1. The van der Waals surface area contributed by atoms with Gasteiger partial charge in [0.05, 0.1) is 11.6 Å². The number of halogens is 3. The van der Waals surface area contributed by atoms with Gasteiger partial charge >= 0.3 is 6.18 Å². The lowest BCUT2D eigenvalue weighted by Gasteiger charge is -2.33. The molecule has 0 amide bonds. The molecule has 1 fully saturated rings. The zero-order valence-corrected chi connectivity index (χ0v) is 12.4. The summed E-state index contributed by atoms with van der Waals surface area (Å²) in [4.78, 5) is 4.11. The van der Waals surface area contributed by atoms with Crippen LogP contribution < -0.4 is 5.32 Å². The highest BCUT2D eigenvalue weighted by Crippen LogP contribution is 2.41. The first-order valence-corrected chi connectivity index (χ1v) is 7.59. The number of rotatable bonds is 5. The van der Waals surface area contributed by atoms with Crippen LogP contribution in [0.2, 0.25) is 0 Å². The molecule has 1 aromatic heterocycles. The maximum atomic E-state index is 12.7. The number of alkyl halides is 3. The minimum absolute atomic E-state index is 0.237. The van der Waals surface area contributed by atoms with Crippen molar-refractivity contribution in [3.8, 4) is 0 Å². The number of thiazole rings is 1. The predicted molar refractivity (Wildman–Crippen MR) is 71.7 cm³/mol. The Hall–Kier alpha value is -0.660. The Morgan fingerprint density at radius 3 is 2.80 bits per heavy atom. The summed E-state index contributed by atoms with van der Waals surface area (Å²) in [5.74, 6) is 0. The van der Waals surface area contributed by atoms with Gasteiger partial charge in [0, 0.05) is 17.7 Å².